The molecule has 0 unspecified atom stereocenters. The number of carbonyl (C=O) groups is 5. The number of hydrogen-bond acceptors (Lipinski definition) is 16. The fourth-order valence-corrected chi connectivity index (χ4v) is 14.6. The van der Waals surface area contributed by atoms with E-state index < -0.39 is 97.7 Å². The summed E-state index contributed by atoms with van der Waals surface area (Å²) in [5, 5.41) is 65.4. The lowest BCUT2D eigenvalue weighted by Crippen LogP contribution is -2.91. The summed E-state index contributed by atoms with van der Waals surface area (Å²) in [6.45, 7) is 9.31. The lowest BCUT2D eigenvalue weighted by molar-refractivity contribution is -0.631. The molecule has 652 valence electrons. The second-order valence-electron chi connectivity index (χ2n) is 32.6. The van der Waals surface area contributed by atoms with Gasteiger partial charge >= 0.3 is 59.0 Å². The summed E-state index contributed by atoms with van der Waals surface area (Å²) in [6, 6.07) is 0. The third-order valence-electron chi connectivity index (χ3n) is 21.9. The van der Waals surface area contributed by atoms with Crippen molar-refractivity contribution in [2.24, 2.45) is 0 Å². The molecule has 1 saturated heterocycles. The molecule has 0 aromatic rings. The first-order valence-electron chi connectivity index (χ1n) is 47.1. The van der Waals surface area contributed by atoms with Crippen LogP contribution in [0.2, 0.25) is 0 Å². The SMILES string of the molecule is CCCCCCCC/C=C/CCCCCCCC(=O)O[C@@]1(O)O[C@@](CO)(OC(=O)CCCCCCC/C=C/CCCCCCCC)[C@@](O)(OC(=O)CCCCCCC/C=C/CCCCCCCC)[C@@](O)(OC(=O)CCCCCCC/C=C/CCCCCCCC)[C@@]1(O)OC(=O)CCCCCCC/C=C/CCCCCCCC. The monoisotopic (exact) mass is 1580 g/mol. The van der Waals surface area contributed by atoms with Crippen LogP contribution in [-0.4, -0.2) is 91.1 Å². The van der Waals surface area contributed by atoms with Gasteiger partial charge in [0.2, 0.25) is 0 Å². The predicted molar refractivity (Wildman–Crippen MR) is 458 cm³/mol. The van der Waals surface area contributed by atoms with E-state index in [-0.39, 0.29) is 32.1 Å². The summed E-state index contributed by atoms with van der Waals surface area (Å²) in [4.78, 5) is 72.5. The number of aliphatic hydroxyl groups excluding tert-OH is 1. The topological polar surface area (TPSA) is 242 Å². The maximum absolute atomic E-state index is 14.6. The molecule has 5 N–H and O–H groups in total. The van der Waals surface area contributed by atoms with Gasteiger partial charge in [0.25, 0.3) is 0 Å². The van der Waals surface area contributed by atoms with Crippen LogP contribution in [0.15, 0.2) is 60.8 Å². The van der Waals surface area contributed by atoms with Crippen molar-refractivity contribution in [2.75, 3.05) is 6.61 Å². The van der Waals surface area contributed by atoms with Gasteiger partial charge in [0.05, 0.1) is 0 Å². The van der Waals surface area contributed by atoms with Crippen LogP contribution in [-0.2, 0) is 52.4 Å². The van der Waals surface area contributed by atoms with Gasteiger partial charge < -0.3 is 49.2 Å². The Kier molecular flexibility index (Phi) is 69.2. The molecule has 1 heterocycles. The van der Waals surface area contributed by atoms with Gasteiger partial charge in [-0.2, -0.15) is 0 Å². The largest absolute Gasteiger partial charge is 0.423 e. The fourth-order valence-electron chi connectivity index (χ4n) is 14.6. The molecule has 0 bridgehead atoms. The molecule has 5 atom stereocenters. The first-order valence-corrected chi connectivity index (χ1v) is 47.1. The van der Waals surface area contributed by atoms with E-state index in [1.807, 2.05) is 0 Å². The van der Waals surface area contributed by atoms with Crippen molar-refractivity contribution in [1.29, 1.82) is 0 Å². The minimum Gasteiger partial charge on any atom is -0.423 e. The minimum absolute atomic E-state index is 0.145. The highest BCUT2D eigenvalue weighted by Gasteiger charge is 2.93. The van der Waals surface area contributed by atoms with Crippen LogP contribution >= 0.6 is 0 Å². The smallest absolute Gasteiger partial charge is 0.407 e. The van der Waals surface area contributed by atoms with Gasteiger partial charge in [0.15, 0.2) is 0 Å². The van der Waals surface area contributed by atoms with Crippen molar-refractivity contribution >= 4 is 29.8 Å². The summed E-state index contributed by atoms with van der Waals surface area (Å²) < 4.78 is 34.8. The van der Waals surface area contributed by atoms with Crippen LogP contribution in [0.25, 0.3) is 0 Å². The second kappa shape index (κ2) is 73.2. The van der Waals surface area contributed by atoms with E-state index in [2.05, 4.69) is 95.4 Å². The molecule has 0 aliphatic carbocycles. The summed E-state index contributed by atoms with van der Waals surface area (Å²) in [5.41, 5.74) is 0. The zero-order valence-electron chi connectivity index (χ0n) is 72.7. The second-order valence-corrected chi connectivity index (χ2v) is 32.6. The Morgan fingerprint density at radius 3 is 0.607 bits per heavy atom. The Hall–Kier alpha value is -4.19. The van der Waals surface area contributed by atoms with E-state index in [1.54, 1.807) is 0 Å². The molecule has 112 heavy (non-hydrogen) atoms. The Bertz CT molecular complexity index is 2400. The molecule has 1 rings (SSSR count). The van der Waals surface area contributed by atoms with E-state index >= 15 is 0 Å². The molecule has 0 spiro atoms. The molecular formula is C96H172O16. The van der Waals surface area contributed by atoms with Crippen molar-refractivity contribution in [3.63, 3.8) is 0 Å². The molecular weight excluding hydrogens is 1410 g/mol. The number of carbonyl (C=O) groups excluding carboxylic acids is 5. The maximum Gasteiger partial charge on any atom is 0.407 e. The summed E-state index contributed by atoms with van der Waals surface area (Å²) in [6.07, 6.45) is 82.9. The Labute approximate surface area is 684 Å². The zero-order valence-corrected chi connectivity index (χ0v) is 72.7. The molecule has 16 heteroatoms. The van der Waals surface area contributed by atoms with Crippen molar-refractivity contribution in [3.8, 4) is 0 Å². The van der Waals surface area contributed by atoms with E-state index in [0.29, 0.717) is 38.5 Å². The van der Waals surface area contributed by atoms with Gasteiger partial charge in [0.1, 0.15) is 6.61 Å². The molecule has 1 fully saturated rings. The molecule has 1 aliphatic rings. The normalized spacial score (nSPS) is 19.3. The number of unbranched alkanes of at least 4 members (excludes halogenated alkanes) is 55. The molecule has 0 saturated carbocycles. The van der Waals surface area contributed by atoms with Crippen LogP contribution in [0.5, 0.6) is 0 Å². The van der Waals surface area contributed by atoms with Gasteiger partial charge in [-0.15, -0.1) is 0 Å². The van der Waals surface area contributed by atoms with Gasteiger partial charge in [-0.25, -0.2) is 0 Å². The van der Waals surface area contributed by atoms with E-state index in [0.717, 1.165) is 154 Å². The number of hydrogen-bond donors (Lipinski definition) is 5. The van der Waals surface area contributed by atoms with E-state index in [4.69, 9.17) is 28.4 Å². The summed E-state index contributed by atoms with van der Waals surface area (Å²) in [7, 11) is 0. The average molecular weight is 1580 g/mol. The summed E-state index contributed by atoms with van der Waals surface area (Å²) in [5.74, 6) is -27.8. The number of ether oxygens (including phenoxy) is 6. The Morgan fingerprint density at radius 2 is 0.393 bits per heavy atom. The number of esters is 5. The number of rotatable bonds is 81. The molecule has 0 aromatic heterocycles. The quantitative estimate of drug-likeness (QED) is 0.0125. The van der Waals surface area contributed by atoms with Crippen molar-refractivity contribution in [3.05, 3.63) is 60.8 Å². The molecule has 0 aromatic carbocycles. The molecule has 16 nitrogen and oxygen atoms in total. The minimum atomic E-state index is -4.50. The Balaban J connectivity index is 3.81. The number of allylic oxidation sites excluding steroid dienone is 10. The van der Waals surface area contributed by atoms with Crippen LogP contribution in [0.1, 0.15) is 484 Å². The first-order chi connectivity index (χ1) is 54.5. The van der Waals surface area contributed by atoms with Crippen molar-refractivity contribution in [2.45, 2.75) is 513 Å². The van der Waals surface area contributed by atoms with Crippen LogP contribution in [0.3, 0.4) is 0 Å². The zero-order chi connectivity index (χ0) is 81.9. The van der Waals surface area contributed by atoms with Crippen LogP contribution in [0.4, 0.5) is 0 Å². The highest BCUT2D eigenvalue weighted by atomic mass is 17.0. The lowest BCUT2D eigenvalue weighted by atomic mass is 9.83. The van der Waals surface area contributed by atoms with Crippen molar-refractivity contribution < 1.29 is 77.9 Å². The fraction of sp³-hybridized carbons (Fsp3) is 0.844. The molecule has 0 amide bonds. The third-order valence-corrected chi connectivity index (χ3v) is 21.9. The van der Waals surface area contributed by atoms with E-state index in [1.165, 1.54) is 193 Å². The standard InChI is InChI=1S/C96H172O16/c1-6-11-16-21-26-31-36-41-46-51-56-61-66-71-76-81-87(98)107-92(86-97)93(103,108-88(99)82-77-72-67-62-57-52-47-42-37-32-27-22-17-12-7-2)94(104,109-89(100)83-78-73-68-63-58-53-48-43-38-33-28-23-18-13-8-3)95(105,110-90(101)84-79-74-69-64-59-54-49-44-39-34-29-24-19-14-9-4)96(106,112-92)111-91(102)85-80-75-70-65-60-55-50-45-40-35-30-25-20-15-10-5/h41-50,97,103-106H,6-40,51-86H2,1-5H3/b46-41+,47-42+,48-43+,49-44+,50-45+/t92-,93-,94-,95-,96-/m1/s1. The highest BCUT2D eigenvalue weighted by Crippen LogP contribution is 2.56. The van der Waals surface area contributed by atoms with Crippen molar-refractivity contribution in [1.82, 2.24) is 0 Å². The first kappa shape index (κ1) is 106. The highest BCUT2D eigenvalue weighted by molar-refractivity contribution is 5.74. The predicted octanol–water partition coefficient (Wildman–Crippen LogP) is 26.3. The summed E-state index contributed by atoms with van der Waals surface area (Å²) >= 11 is 0. The van der Waals surface area contributed by atoms with Crippen LogP contribution < -0.4 is 0 Å². The molecule has 1 aliphatic heterocycles. The van der Waals surface area contributed by atoms with Gasteiger partial charge in [-0.1, -0.05) is 352 Å². The van der Waals surface area contributed by atoms with Gasteiger partial charge in [0, 0.05) is 32.1 Å². The Morgan fingerprint density at radius 1 is 0.223 bits per heavy atom. The van der Waals surface area contributed by atoms with Gasteiger partial charge in [-0.05, 0) is 161 Å². The van der Waals surface area contributed by atoms with E-state index in [9.17, 15) is 49.5 Å². The van der Waals surface area contributed by atoms with Gasteiger partial charge in [-0.3, -0.25) is 28.7 Å². The molecule has 0 radical (unpaired) electrons. The van der Waals surface area contributed by atoms with Crippen LogP contribution in [0, 0.1) is 0 Å². The lowest BCUT2D eigenvalue weighted by Gasteiger charge is -2.60. The maximum atomic E-state index is 14.6. The number of aliphatic hydroxyl groups is 5. The average Bonchev–Trinajstić information content (AvgIpc) is 0.669. The third kappa shape index (κ3) is 51.1.